The van der Waals surface area contributed by atoms with Gasteiger partial charge in [0.15, 0.2) is 0 Å². The third-order valence-electron chi connectivity index (χ3n) is 2.08. The van der Waals surface area contributed by atoms with Crippen molar-refractivity contribution in [3.05, 3.63) is 23.5 Å². The van der Waals surface area contributed by atoms with Crippen LogP contribution in [0.25, 0.3) is 0 Å². The van der Waals surface area contributed by atoms with E-state index in [1.54, 1.807) is 13.0 Å². The molecule has 0 spiro atoms. The molecule has 1 rings (SSSR count). The number of nitrogens with zero attached hydrogens (tertiary/aromatic N) is 2. The highest BCUT2D eigenvalue weighted by molar-refractivity contribution is 7.89. The number of primary sulfonamides is 1. The Hall–Kier alpha value is -1.05. The van der Waals surface area contributed by atoms with Crippen LogP contribution in [0.15, 0.2) is 12.1 Å². The van der Waals surface area contributed by atoms with Crippen molar-refractivity contribution in [2.75, 3.05) is 0 Å². The van der Waals surface area contributed by atoms with E-state index in [9.17, 15) is 13.5 Å². The Bertz CT molecular complexity index is 429. The number of aliphatic hydroxyl groups excluding tert-OH is 1. The summed E-state index contributed by atoms with van der Waals surface area (Å²) < 4.78 is 22.0. The number of hydrogen-bond acceptors (Lipinski definition) is 5. The Morgan fingerprint density at radius 3 is 2.40 bits per heavy atom. The van der Waals surface area contributed by atoms with Crippen molar-refractivity contribution in [2.24, 2.45) is 5.14 Å². The van der Waals surface area contributed by atoms with Gasteiger partial charge >= 0.3 is 0 Å². The minimum atomic E-state index is -3.78. The molecule has 1 aromatic heterocycles. The summed E-state index contributed by atoms with van der Waals surface area (Å²) in [6, 6.07) is 3.16. The standard InChI is InChI=1S/C8H13N3O3S/c1-5-3-4-7(11-10-5)8(12)6(2)15(9,13)14/h3-4,6,8,12H,1-2H3,(H2,9,13,14)/t6-,8+/m0/s1. The zero-order valence-electron chi connectivity index (χ0n) is 8.45. The first kappa shape index (κ1) is 12.0. The minimum Gasteiger partial charge on any atom is -0.385 e. The molecule has 3 N–H and O–H groups in total. The van der Waals surface area contributed by atoms with E-state index >= 15 is 0 Å². The van der Waals surface area contributed by atoms with Crippen molar-refractivity contribution >= 4 is 10.0 Å². The molecule has 0 aliphatic carbocycles. The first-order valence-corrected chi connectivity index (χ1v) is 5.93. The van der Waals surface area contributed by atoms with Gasteiger partial charge in [-0.25, -0.2) is 13.6 Å². The number of nitrogens with two attached hydrogens (primary N) is 1. The maximum absolute atomic E-state index is 11.0. The topological polar surface area (TPSA) is 106 Å². The second-order valence-corrected chi connectivity index (χ2v) is 5.26. The summed E-state index contributed by atoms with van der Waals surface area (Å²) in [4.78, 5) is 0. The fourth-order valence-electron chi connectivity index (χ4n) is 0.987. The molecule has 0 bridgehead atoms. The van der Waals surface area contributed by atoms with Crippen molar-refractivity contribution in [3.8, 4) is 0 Å². The number of rotatable bonds is 3. The second kappa shape index (κ2) is 4.21. The maximum atomic E-state index is 11.0. The number of hydrogen-bond donors (Lipinski definition) is 2. The van der Waals surface area contributed by atoms with Gasteiger partial charge in [0, 0.05) is 0 Å². The largest absolute Gasteiger partial charge is 0.385 e. The lowest BCUT2D eigenvalue weighted by atomic mass is 10.2. The Balaban J connectivity index is 2.95. The zero-order valence-corrected chi connectivity index (χ0v) is 9.27. The third kappa shape index (κ3) is 2.95. The average molecular weight is 231 g/mol. The second-order valence-electron chi connectivity index (χ2n) is 3.34. The normalized spacial score (nSPS) is 16.0. The fraction of sp³-hybridized carbons (Fsp3) is 0.500. The van der Waals surface area contributed by atoms with Gasteiger partial charge in [0.1, 0.15) is 11.4 Å². The molecular weight excluding hydrogens is 218 g/mol. The van der Waals surface area contributed by atoms with E-state index in [0.29, 0.717) is 5.69 Å². The summed E-state index contributed by atoms with van der Waals surface area (Å²) in [5.74, 6) is 0. The quantitative estimate of drug-likeness (QED) is 0.729. The van der Waals surface area contributed by atoms with E-state index in [4.69, 9.17) is 5.14 Å². The first-order chi connectivity index (χ1) is 6.82. The van der Waals surface area contributed by atoms with Crippen molar-refractivity contribution in [2.45, 2.75) is 25.2 Å². The van der Waals surface area contributed by atoms with Crippen molar-refractivity contribution in [1.29, 1.82) is 0 Å². The fourth-order valence-corrected chi connectivity index (χ4v) is 1.49. The monoisotopic (exact) mass is 231 g/mol. The molecule has 6 nitrogen and oxygen atoms in total. The Morgan fingerprint density at radius 1 is 1.40 bits per heavy atom. The molecule has 0 saturated heterocycles. The molecule has 7 heteroatoms. The maximum Gasteiger partial charge on any atom is 0.214 e. The summed E-state index contributed by atoms with van der Waals surface area (Å²) in [6.45, 7) is 3.06. The van der Waals surface area contributed by atoms with Crippen LogP contribution in [0.4, 0.5) is 0 Å². The molecule has 15 heavy (non-hydrogen) atoms. The molecule has 0 aliphatic heterocycles. The van der Waals surface area contributed by atoms with E-state index in [2.05, 4.69) is 10.2 Å². The van der Waals surface area contributed by atoms with Gasteiger partial charge in [-0.2, -0.15) is 10.2 Å². The highest BCUT2D eigenvalue weighted by Crippen LogP contribution is 2.17. The van der Waals surface area contributed by atoms with Gasteiger partial charge in [-0.1, -0.05) is 0 Å². The van der Waals surface area contributed by atoms with Crippen LogP contribution in [0.2, 0.25) is 0 Å². The van der Waals surface area contributed by atoms with Crippen molar-refractivity contribution in [3.63, 3.8) is 0 Å². The summed E-state index contributed by atoms with van der Waals surface area (Å²) in [5.41, 5.74) is 0.885. The molecule has 0 fully saturated rings. The first-order valence-electron chi connectivity index (χ1n) is 4.32. The Morgan fingerprint density at radius 2 is 2.00 bits per heavy atom. The van der Waals surface area contributed by atoms with Gasteiger partial charge in [0.25, 0.3) is 0 Å². The van der Waals surface area contributed by atoms with Crippen LogP contribution in [0.1, 0.15) is 24.4 Å². The average Bonchev–Trinajstić information content (AvgIpc) is 2.15. The van der Waals surface area contributed by atoms with E-state index in [1.807, 2.05) is 0 Å². The molecule has 1 heterocycles. The molecular formula is C8H13N3O3S. The summed E-state index contributed by atoms with van der Waals surface area (Å²) in [6.07, 6.45) is -1.26. The Labute approximate surface area is 88.2 Å². The van der Waals surface area contributed by atoms with Gasteiger partial charge in [0.05, 0.1) is 11.4 Å². The number of sulfonamides is 1. The Kier molecular flexibility index (Phi) is 3.38. The highest BCUT2D eigenvalue weighted by atomic mass is 32.2. The van der Waals surface area contributed by atoms with Crippen LogP contribution in [0.3, 0.4) is 0 Å². The van der Waals surface area contributed by atoms with E-state index in [0.717, 1.165) is 0 Å². The predicted molar refractivity (Wildman–Crippen MR) is 54.3 cm³/mol. The number of aromatic nitrogens is 2. The van der Waals surface area contributed by atoms with Gasteiger partial charge < -0.3 is 5.11 Å². The smallest absolute Gasteiger partial charge is 0.214 e. The van der Waals surface area contributed by atoms with Gasteiger partial charge in [0.2, 0.25) is 10.0 Å². The lowest BCUT2D eigenvalue weighted by Crippen LogP contribution is -2.31. The van der Waals surface area contributed by atoms with Gasteiger partial charge in [-0.05, 0) is 26.0 Å². The van der Waals surface area contributed by atoms with E-state index in [1.165, 1.54) is 13.0 Å². The van der Waals surface area contributed by atoms with Crippen LogP contribution in [0.5, 0.6) is 0 Å². The van der Waals surface area contributed by atoms with E-state index < -0.39 is 21.4 Å². The zero-order chi connectivity index (χ0) is 11.6. The molecule has 1 aromatic rings. The van der Waals surface area contributed by atoms with Crippen LogP contribution < -0.4 is 5.14 Å². The summed E-state index contributed by atoms with van der Waals surface area (Å²) >= 11 is 0. The molecule has 0 radical (unpaired) electrons. The highest BCUT2D eigenvalue weighted by Gasteiger charge is 2.27. The summed E-state index contributed by atoms with van der Waals surface area (Å²) in [5, 5.41) is 20.9. The summed E-state index contributed by atoms with van der Waals surface area (Å²) in [7, 11) is -3.78. The molecule has 0 saturated carbocycles. The molecule has 0 aromatic carbocycles. The van der Waals surface area contributed by atoms with E-state index in [-0.39, 0.29) is 5.69 Å². The predicted octanol–water partition coefficient (Wildman–Crippen LogP) is -0.505. The molecule has 0 unspecified atom stereocenters. The lowest BCUT2D eigenvalue weighted by Gasteiger charge is -2.15. The van der Waals surface area contributed by atoms with Crippen LogP contribution >= 0.6 is 0 Å². The van der Waals surface area contributed by atoms with Crippen LogP contribution in [0, 0.1) is 6.92 Å². The number of aryl methyl sites for hydroxylation is 1. The third-order valence-corrected chi connectivity index (χ3v) is 3.38. The molecule has 2 atom stereocenters. The molecule has 0 aliphatic rings. The minimum absolute atomic E-state index is 0.196. The number of aliphatic hydroxyl groups is 1. The van der Waals surface area contributed by atoms with Gasteiger partial charge in [-0.3, -0.25) is 0 Å². The van der Waals surface area contributed by atoms with Crippen LogP contribution in [-0.4, -0.2) is 29.0 Å². The van der Waals surface area contributed by atoms with Gasteiger partial charge in [-0.15, -0.1) is 0 Å². The molecule has 84 valence electrons. The SMILES string of the molecule is Cc1ccc([C@H](O)[C@H](C)S(N)(=O)=O)nn1. The van der Waals surface area contributed by atoms with Crippen molar-refractivity contribution in [1.82, 2.24) is 10.2 Å². The molecule has 0 amide bonds. The lowest BCUT2D eigenvalue weighted by molar-refractivity contribution is 0.170. The van der Waals surface area contributed by atoms with Crippen molar-refractivity contribution < 1.29 is 13.5 Å². The van der Waals surface area contributed by atoms with Crippen LogP contribution in [-0.2, 0) is 10.0 Å².